The fraction of sp³-hybridized carbons (Fsp3) is 0.259. The van der Waals surface area contributed by atoms with Crippen molar-refractivity contribution in [2.24, 2.45) is 11.5 Å². The molecule has 0 saturated carbocycles. The van der Waals surface area contributed by atoms with Crippen LogP contribution in [0.3, 0.4) is 0 Å². The van der Waals surface area contributed by atoms with Gasteiger partial charge in [0.1, 0.15) is 12.1 Å². The Morgan fingerprint density at radius 3 is 2.42 bits per heavy atom. The van der Waals surface area contributed by atoms with Crippen LogP contribution in [0, 0.1) is 0 Å². The first-order valence-corrected chi connectivity index (χ1v) is 12.0. The Hall–Kier alpha value is -3.91. The number of hydrogen-bond donors (Lipinski definition) is 2. The Kier molecular flexibility index (Phi) is 7.26. The van der Waals surface area contributed by atoms with E-state index in [1.165, 1.54) is 9.80 Å². The highest BCUT2D eigenvalue weighted by Gasteiger charge is 2.44. The molecule has 0 aliphatic carbocycles. The van der Waals surface area contributed by atoms with Crippen molar-refractivity contribution in [2.45, 2.75) is 37.9 Å². The van der Waals surface area contributed by atoms with Gasteiger partial charge in [-0.25, -0.2) is 0 Å². The number of rotatable bonds is 5. The van der Waals surface area contributed by atoms with Crippen molar-refractivity contribution in [3.8, 4) is 0 Å². The molecule has 3 aromatic rings. The zero-order valence-electron chi connectivity index (χ0n) is 19.8. The Labute approximate surface area is 213 Å². The smallest absolute Gasteiger partial charge is 0.312 e. The van der Waals surface area contributed by atoms with Gasteiger partial charge in [0.2, 0.25) is 5.91 Å². The summed E-state index contributed by atoms with van der Waals surface area (Å²) in [4.78, 5) is 54.2. The summed E-state index contributed by atoms with van der Waals surface area (Å²) in [7, 11) is 0. The van der Waals surface area contributed by atoms with E-state index in [9.17, 15) is 19.2 Å². The lowest BCUT2D eigenvalue weighted by atomic mass is 9.96. The molecule has 1 saturated heterocycles. The molecule has 36 heavy (non-hydrogen) atoms. The van der Waals surface area contributed by atoms with Crippen molar-refractivity contribution in [2.75, 3.05) is 6.54 Å². The molecular weight excluding hydrogens is 480 g/mol. The molecule has 3 atom stereocenters. The highest BCUT2D eigenvalue weighted by atomic mass is 35.5. The zero-order valence-corrected chi connectivity index (χ0v) is 20.5. The lowest BCUT2D eigenvalue weighted by Crippen LogP contribution is -2.53. The van der Waals surface area contributed by atoms with E-state index >= 15 is 0 Å². The topological polar surface area (TPSA) is 127 Å². The van der Waals surface area contributed by atoms with Gasteiger partial charge in [-0.1, -0.05) is 66.2 Å². The number of carbonyl (C=O) groups is 4. The van der Waals surface area contributed by atoms with Gasteiger partial charge in [-0.05, 0) is 47.4 Å². The molecule has 4 amide bonds. The third-order valence-electron chi connectivity index (χ3n) is 6.67. The minimum Gasteiger partial charge on any atom is -0.368 e. The minimum atomic E-state index is -1.20. The van der Waals surface area contributed by atoms with Gasteiger partial charge >= 0.3 is 11.8 Å². The van der Waals surface area contributed by atoms with E-state index in [-0.39, 0.29) is 13.0 Å². The van der Waals surface area contributed by atoms with Crippen LogP contribution in [0.1, 0.15) is 30.5 Å². The normalized spacial score (nSPS) is 19.1. The summed E-state index contributed by atoms with van der Waals surface area (Å²) >= 11 is 6.20. The predicted octanol–water partition coefficient (Wildman–Crippen LogP) is 2.57. The fourth-order valence-corrected chi connectivity index (χ4v) is 5.08. The summed E-state index contributed by atoms with van der Waals surface area (Å²) in [6.45, 7) is 1.90. The predicted molar refractivity (Wildman–Crippen MR) is 137 cm³/mol. The number of benzene rings is 3. The van der Waals surface area contributed by atoms with Gasteiger partial charge in [-0.2, -0.15) is 0 Å². The summed E-state index contributed by atoms with van der Waals surface area (Å²) in [5.74, 6) is -3.34. The lowest BCUT2D eigenvalue weighted by Gasteiger charge is -2.35. The molecule has 9 heteroatoms. The number of halogens is 1. The van der Waals surface area contributed by atoms with Crippen LogP contribution in [-0.4, -0.2) is 52.1 Å². The molecule has 0 radical (unpaired) electrons. The van der Waals surface area contributed by atoms with Crippen LogP contribution < -0.4 is 11.5 Å². The quantitative estimate of drug-likeness (QED) is 0.515. The average molecular weight is 507 g/mol. The van der Waals surface area contributed by atoms with Crippen molar-refractivity contribution in [3.05, 3.63) is 82.9 Å². The second-order valence-corrected chi connectivity index (χ2v) is 9.40. The summed E-state index contributed by atoms with van der Waals surface area (Å²) in [5, 5.41) is 2.32. The van der Waals surface area contributed by atoms with E-state index in [4.69, 9.17) is 23.1 Å². The summed E-state index contributed by atoms with van der Waals surface area (Å²) in [6, 6.07) is 17.3. The Morgan fingerprint density at radius 1 is 1.03 bits per heavy atom. The van der Waals surface area contributed by atoms with Crippen LogP contribution in [0.5, 0.6) is 0 Å². The van der Waals surface area contributed by atoms with Gasteiger partial charge in [0.05, 0.1) is 0 Å². The van der Waals surface area contributed by atoms with Gasteiger partial charge < -0.3 is 21.3 Å². The number of primary amides is 2. The van der Waals surface area contributed by atoms with Crippen LogP contribution in [0.4, 0.5) is 0 Å². The van der Waals surface area contributed by atoms with Gasteiger partial charge in [-0.3, -0.25) is 19.2 Å². The fourth-order valence-electron chi connectivity index (χ4n) is 4.88. The molecule has 0 aromatic heterocycles. The van der Waals surface area contributed by atoms with Crippen LogP contribution in [0.2, 0.25) is 5.02 Å². The first kappa shape index (κ1) is 25.2. The van der Waals surface area contributed by atoms with Crippen LogP contribution >= 0.6 is 11.6 Å². The summed E-state index contributed by atoms with van der Waals surface area (Å²) in [5.41, 5.74) is 12.5. The standard InChI is InChI=1S/C27H27ClN4O4/c1-16-12-13-31(22(24(29)33)15-18-8-4-7-17-6-2-3-11-21(17)18)26(35)23(32(16)27(36)25(30)34)19-9-5-10-20(28)14-19/h2-11,14,16,22-23H,12-13,15H2,1H3,(H2,29,33)(H2,30,34)/t16-,22-,23+/m1/s1. The number of hydrogen-bond acceptors (Lipinski definition) is 4. The molecule has 8 nitrogen and oxygen atoms in total. The number of amides is 4. The first-order chi connectivity index (χ1) is 17.2. The van der Waals surface area contributed by atoms with E-state index in [1.807, 2.05) is 42.5 Å². The molecular formula is C27H27ClN4O4. The maximum Gasteiger partial charge on any atom is 0.312 e. The number of nitrogens with two attached hydrogens (primary N) is 2. The summed E-state index contributed by atoms with van der Waals surface area (Å²) in [6.07, 6.45) is 0.518. The van der Waals surface area contributed by atoms with E-state index in [0.29, 0.717) is 17.0 Å². The third kappa shape index (κ3) is 4.90. The average Bonchev–Trinajstić information content (AvgIpc) is 2.97. The van der Waals surface area contributed by atoms with Gasteiger partial charge in [0.25, 0.3) is 5.91 Å². The van der Waals surface area contributed by atoms with Crippen LogP contribution in [-0.2, 0) is 25.6 Å². The van der Waals surface area contributed by atoms with Gasteiger partial charge in [0, 0.05) is 24.0 Å². The van der Waals surface area contributed by atoms with E-state index in [0.717, 1.165) is 16.3 Å². The molecule has 3 aromatic carbocycles. The van der Waals surface area contributed by atoms with Crippen molar-refractivity contribution >= 4 is 46.0 Å². The second kappa shape index (κ2) is 10.4. The Morgan fingerprint density at radius 2 is 1.72 bits per heavy atom. The molecule has 186 valence electrons. The van der Waals surface area contributed by atoms with Gasteiger partial charge in [0.15, 0.2) is 0 Å². The largest absolute Gasteiger partial charge is 0.368 e. The van der Waals surface area contributed by atoms with E-state index < -0.39 is 41.8 Å². The molecule has 1 aliphatic rings. The SMILES string of the molecule is C[C@@H]1CCN([C@H](Cc2cccc3ccccc23)C(N)=O)C(=O)[C@H](c2cccc(Cl)c2)N1C(=O)C(N)=O. The first-order valence-electron chi connectivity index (χ1n) is 11.6. The lowest BCUT2D eigenvalue weighted by molar-refractivity contribution is -0.152. The zero-order chi connectivity index (χ0) is 26.0. The minimum absolute atomic E-state index is 0.165. The number of carbonyl (C=O) groups excluding carboxylic acids is 4. The highest BCUT2D eigenvalue weighted by Crippen LogP contribution is 2.33. The van der Waals surface area contributed by atoms with Crippen molar-refractivity contribution < 1.29 is 19.2 Å². The monoisotopic (exact) mass is 506 g/mol. The van der Waals surface area contributed by atoms with Crippen molar-refractivity contribution in [1.29, 1.82) is 0 Å². The molecule has 0 spiro atoms. The highest BCUT2D eigenvalue weighted by molar-refractivity contribution is 6.35. The maximum atomic E-state index is 14.1. The molecule has 1 fully saturated rings. The molecule has 0 unspecified atom stereocenters. The maximum absolute atomic E-state index is 14.1. The van der Waals surface area contributed by atoms with Gasteiger partial charge in [-0.15, -0.1) is 0 Å². The Bertz CT molecular complexity index is 1340. The number of fused-ring (bicyclic) bond motifs is 1. The van der Waals surface area contributed by atoms with E-state index in [2.05, 4.69) is 0 Å². The summed E-state index contributed by atoms with van der Waals surface area (Å²) < 4.78 is 0. The second-order valence-electron chi connectivity index (χ2n) is 8.96. The Balaban J connectivity index is 1.79. The molecule has 4 N–H and O–H groups in total. The third-order valence-corrected chi connectivity index (χ3v) is 6.90. The van der Waals surface area contributed by atoms with E-state index in [1.54, 1.807) is 31.2 Å². The van der Waals surface area contributed by atoms with Crippen LogP contribution in [0.25, 0.3) is 10.8 Å². The molecule has 1 heterocycles. The molecule has 1 aliphatic heterocycles. The van der Waals surface area contributed by atoms with Crippen LogP contribution in [0.15, 0.2) is 66.7 Å². The van der Waals surface area contributed by atoms with Crippen molar-refractivity contribution in [1.82, 2.24) is 9.80 Å². The molecule has 4 rings (SSSR count). The van der Waals surface area contributed by atoms with Crippen molar-refractivity contribution in [3.63, 3.8) is 0 Å². The molecule has 0 bridgehead atoms. The number of nitrogens with zero attached hydrogens (tertiary/aromatic N) is 2.